The maximum atomic E-state index is 3.54. The van der Waals surface area contributed by atoms with E-state index in [1.165, 1.54) is 50.9 Å². The zero-order valence-electron chi connectivity index (χ0n) is 11.3. The lowest BCUT2D eigenvalue weighted by Gasteiger charge is -2.26. The molecule has 1 fully saturated rings. The molecule has 0 aromatic heterocycles. The van der Waals surface area contributed by atoms with Crippen molar-refractivity contribution in [3.8, 4) is 0 Å². The molecule has 1 aliphatic heterocycles. The summed E-state index contributed by atoms with van der Waals surface area (Å²) < 4.78 is 2.24. The molecule has 1 aromatic rings. The second kappa shape index (κ2) is 8.40. The molecule has 0 spiro atoms. The normalized spacial score (nSPS) is 16.7. The first kappa shape index (κ1) is 15.5. The van der Waals surface area contributed by atoms with E-state index in [0.29, 0.717) is 0 Å². The fourth-order valence-electron chi connectivity index (χ4n) is 2.49. The molecular weight excluding hydrogens is 368 g/mol. The van der Waals surface area contributed by atoms with Crippen LogP contribution >= 0.6 is 31.9 Å². The fourth-order valence-corrected chi connectivity index (χ4v) is 3.17. The summed E-state index contributed by atoms with van der Waals surface area (Å²) in [6.07, 6.45) is 5.45. The van der Waals surface area contributed by atoms with Crippen molar-refractivity contribution in [2.24, 2.45) is 0 Å². The highest BCUT2D eigenvalue weighted by molar-refractivity contribution is 9.13. The highest BCUT2D eigenvalue weighted by Crippen LogP contribution is 2.23. The molecule has 0 amide bonds. The lowest BCUT2D eigenvalue weighted by Crippen LogP contribution is -2.32. The van der Waals surface area contributed by atoms with Gasteiger partial charge in [0.1, 0.15) is 0 Å². The lowest BCUT2D eigenvalue weighted by atomic mass is 10.1. The number of hydrogen-bond donors (Lipinski definition) is 1. The smallest absolute Gasteiger partial charge is 0.0320 e. The Bertz CT molecular complexity index is 390. The molecular formula is C15H22Br2N2. The van der Waals surface area contributed by atoms with Crippen molar-refractivity contribution in [3.63, 3.8) is 0 Å². The average molecular weight is 390 g/mol. The molecule has 0 radical (unpaired) electrons. The van der Waals surface area contributed by atoms with Gasteiger partial charge in [0.05, 0.1) is 0 Å². The Balaban J connectivity index is 1.59. The maximum absolute atomic E-state index is 3.54. The minimum atomic E-state index is 0.950. The Labute approximate surface area is 133 Å². The molecule has 1 aromatic carbocycles. The molecule has 1 saturated heterocycles. The van der Waals surface area contributed by atoms with E-state index in [9.17, 15) is 0 Å². The summed E-state index contributed by atoms with van der Waals surface area (Å²) in [6, 6.07) is 6.42. The molecule has 106 valence electrons. The highest BCUT2D eigenvalue weighted by Gasteiger charge is 2.08. The van der Waals surface area contributed by atoms with Crippen LogP contribution in [0.5, 0.6) is 0 Å². The first-order valence-corrected chi connectivity index (χ1v) is 8.71. The van der Waals surface area contributed by atoms with Crippen molar-refractivity contribution in [3.05, 3.63) is 32.7 Å². The van der Waals surface area contributed by atoms with Gasteiger partial charge >= 0.3 is 0 Å². The van der Waals surface area contributed by atoms with Crippen LogP contribution in [0.1, 0.15) is 31.2 Å². The third kappa shape index (κ3) is 5.54. The van der Waals surface area contributed by atoms with E-state index in [2.05, 4.69) is 60.3 Å². The molecule has 4 heteroatoms. The molecule has 0 unspecified atom stereocenters. The van der Waals surface area contributed by atoms with Gasteiger partial charge in [0.15, 0.2) is 0 Å². The average Bonchev–Trinajstić information content (AvgIpc) is 2.43. The monoisotopic (exact) mass is 388 g/mol. The number of halogens is 2. The summed E-state index contributed by atoms with van der Waals surface area (Å²) in [5, 5.41) is 3.53. The Morgan fingerprint density at radius 1 is 1.05 bits per heavy atom. The minimum Gasteiger partial charge on any atom is -0.313 e. The molecule has 2 rings (SSSR count). The van der Waals surface area contributed by atoms with E-state index < -0.39 is 0 Å². The van der Waals surface area contributed by atoms with Gasteiger partial charge in [-0.1, -0.05) is 12.5 Å². The molecule has 0 aliphatic carbocycles. The standard InChI is InChI=1S/C15H22Br2N2/c16-14-6-5-13(11-15(14)17)12-18-7-4-10-19-8-2-1-3-9-19/h5-6,11,18H,1-4,7-10,12H2. The van der Waals surface area contributed by atoms with Crippen LogP contribution in [0.25, 0.3) is 0 Å². The van der Waals surface area contributed by atoms with Gasteiger partial charge < -0.3 is 10.2 Å². The lowest BCUT2D eigenvalue weighted by molar-refractivity contribution is 0.225. The predicted octanol–water partition coefficient (Wildman–Crippen LogP) is 4.18. The quantitative estimate of drug-likeness (QED) is 0.734. The first-order chi connectivity index (χ1) is 9.25. The zero-order valence-corrected chi connectivity index (χ0v) is 14.5. The van der Waals surface area contributed by atoms with E-state index in [1.807, 2.05) is 0 Å². The van der Waals surface area contributed by atoms with Crippen molar-refractivity contribution >= 4 is 31.9 Å². The van der Waals surface area contributed by atoms with Gasteiger partial charge in [0, 0.05) is 15.5 Å². The largest absolute Gasteiger partial charge is 0.313 e. The fraction of sp³-hybridized carbons (Fsp3) is 0.600. The predicted molar refractivity (Wildman–Crippen MR) is 88.5 cm³/mol. The summed E-state index contributed by atoms with van der Waals surface area (Å²) >= 11 is 7.03. The SMILES string of the molecule is Brc1ccc(CNCCCN2CCCCC2)cc1Br. The van der Waals surface area contributed by atoms with E-state index in [1.54, 1.807) is 0 Å². The number of piperidine rings is 1. The molecule has 0 saturated carbocycles. The highest BCUT2D eigenvalue weighted by atomic mass is 79.9. The second-order valence-corrected chi connectivity index (χ2v) is 6.89. The summed E-state index contributed by atoms with van der Waals surface area (Å²) in [4.78, 5) is 2.60. The Kier molecular flexibility index (Phi) is 6.85. The molecule has 1 heterocycles. The number of hydrogen-bond acceptors (Lipinski definition) is 2. The van der Waals surface area contributed by atoms with Crippen LogP contribution in [0.3, 0.4) is 0 Å². The number of nitrogens with one attached hydrogen (secondary N) is 1. The van der Waals surface area contributed by atoms with Gasteiger partial charge in [-0.2, -0.15) is 0 Å². The minimum absolute atomic E-state index is 0.950. The van der Waals surface area contributed by atoms with Gasteiger partial charge in [0.25, 0.3) is 0 Å². The maximum Gasteiger partial charge on any atom is 0.0320 e. The van der Waals surface area contributed by atoms with Gasteiger partial charge in [-0.15, -0.1) is 0 Å². The van der Waals surface area contributed by atoms with Crippen LogP contribution in [-0.4, -0.2) is 31.1 Å². The molecule has 0 atom stereocenters. The molecule has 2 nitrogen and oxygen atoms in total. The number of benzene rings is 1. The number of nitrogens with zero attached hydrogens (tertiary/aromatic N) is 1. The van der Waals surface area contributed by atoms with Gasteiger partial charge in [-0.3, -0.25) is 0 Å². The molecule has 1 N–H and O–H groups in total. The van der Waals surface area contributed by atoms with Gasteiger partial charge in [0.2, 0.25) is 0 Å². The van der Waals surface area contributed by atoms with Crippen LogP contribution in [0.15, 0.2) is 27.1 Å². The van der Waals surface area contributed by atoms with Crippen LogP contribution in [0.4, 0.5) is 0 Å². The Morgan fingerprint density at radius 2 is 1.84 bits per heavy atom. The van der Waals surface area contributed by atoms with Crippen molar-refractivity contribution in [1.29, 1.82) is 0 Å². The summed E-state index contributed by atoms with van der Waals surface area (Å²) in [5.74, 6) is 0. The van der Waals surface area contributed by atoms with Crippen molar-refractivity contribution < 1.29 is 0 Å². The van der Waals surface area contributed by atoms with Crippen molar-refractivity contribution in [2.45, 2.75) is 32.2 Å². The molecule has 0 bridgehead atoms. The first-order valence-electron chi connectivity index (χ1n) is 7.13. The molecule has 1 aliphatic rings. The third-order valence-electron chi connectivity index (χ3n) is 3.59. The van der Waals surface area contributed by atoms with Crippen LogP contribution in [0, 0.1) is 0 Å². The van der Waals surface area contributed by atoms with Crippen LogP contribution in [0.2, 0.25) is 0 Å². The van der Waals surface area contributed by atoms with E-state index >= 15 is 0 Å². The van der Waals surface area contributed by atoms with E-state index in [0.717, 1.165) is 22.0 Å². The zero-order chi connectivity index (χ0) is 13.5. The van der Waals surface area contributed by atoms with Crippen molar-refractivity contribution in [1.82, 2.24) is 10.2 Å². The van der Waals surface area contributed by atoms with Crippen LogP contribution in [-0.2, 0) is 6.54 Å². The molecule has 19 heavy (non-hydrogen) atoms. The number of rotatable bonds is 6. The van der Waals surface area contributed by atoms with Gasteiger partial charge in [-0.05, 0) is 95.0 Å². The van der Waals surface area contributed by atoms with E-state index in [-0.39, 0.29) is 0 Å². The number of likely N-dealkylation sites (tertiary alicyclic amines) is 1. The van der Waals surface area contributed by atoms with Crippen LogP contribution < -0.4 is 5.32 Å². The Hall–Kier alpha value is 0.1000. The Morgan fingerprint density at radius 3 is 2.58 bits per heavy atom. The second-order valence-electron chi connectivity index (χ2n) is 5.18. The summed E-state index contributed by atoms with van der Waals surface area (Å²) in [5.41, 5.74) is 1.33. The third-order valence-corrected chi connectivity index (χ3v) is 5.47. The topological polar surface area (TPSA) is 15.3 Å². The summed E-state index contributed by atoms with van der Waals surface area (Å²) in [7, 11) is 0. The van der Waals surface area contributed by atoms with E-state index in [4.69, 9.17) is 0 Å². The van der Waals surface area contributed by atoms with Gasteiger partial charge in [-0.25, -0.2) is 0 Å². The summed E-state index contributed by atoms with van der Waals surface area (Å²) in [6.45, 7) is 5.91. The van der Waals surface area contributed by atoms with Crippen molar-refractivity contribution in [2.75, 3.05) is 26.2 Å².